The van der Waals surface area contributed by atoms with E-state index in [0.29, 0.717) is 0 Å². The molecule has 1 nitrogen and oxygen atoms in total. The first-order valence-electron chi connectivity index (χ1n) is 23.1. The van der Waals surface area contributed by atoms with Gasteiger partial charge in [-0.3, -0.25) is 0 Å². The minimum Gasteiger partial charge on any atom is -0.309 e. The van der Waals surface area contributed by atoms with Gasteiger partial charge in [0.05, 0.1) is 11.1 Å². The molecule has 12 aromatic rings. The fourth-order valence-corrected chi connectivity index (χ4v) is 12.3. The molecule has 1 aromatic heterocycles. The van der Waals surface area contributed by atoms with E-state index in [1.807, 2.05) is 11.3 Å². The summed E-state index contributed by atoms with van der Waals surface area (Å²) >= 11 is 1.88. The molecule has 1 aliphatic carbocycles. The van der Waals surface area contributed by atoms with Gasteiger partial charge in [0.2, 0.25) is 0 Å². The summed E-state index contributed by atoms with van der Waals surface area (Å²) < 4.78 is 2.63. The molecular weight excluding hydrogens is 827 g/mol. The van der Waals surface area contributed by atoms with Gasteiger partial charge in [0.15, 0.2) is 0 Å². The number of nitrogens with zero attached hydrogens (tertiary/aromatic N) is 1. The molecule has 1 aliphatic rings. The topological polar surface area (TPSA) is 3.24 Å². The van der Waals surface area contributed by atoms with Gasteiger partial charge in [-0.05, 0) is 96.9 Å². The molecule has 0 unspecified atom stereocenters. The lowest BCUT2D eigenvalue weighted by atomic mass is 9.66. The van der Waals surface area contributed by atoms with Crippen molar-refractivity contribution in [2.24, 2.45) is 0 Å². The largest absolute Gasteiger partial charge is 0.309 e. The number of anilines is 3. The minimum absolute atomic E-state index is 0.590. The van der Waals surface area contributed by atoms with Crippen LogP contribution in [0.3, 0.4) is 0 Å². The molecule has 13 rings (SSSR count). The summed E-state index contributed by atoms with van der Waals surface area (Å²) in [6.07, 6.45) is 0. The lowest BCUT2D eigenvalue weighted by molar-refractivity contribution is 0.775. The first-order chi connectivity index (χ1) is 33.3. The lowest BCUT2D eigenvalue weighted by Crippen LogP contribution is -2.29. The monoisotopic (exact) mass is 869 g/mol. The maximum Gasteiger partial charge on any atom is 0.0719 e. The van der Waals surface area contributed by atoms with Crippen molar-refractivity contribution in [3.8, 4) is 44.5 Å². The number of benzene rings is 11. The number of fused-ring (bicyclic) bond motifs is 8. The Labute approximate surface area is 395 Å². The van der Waals surface area contributed by atoms with Gasteiger partial charge < -0.3 is 4.90 Å². The Balaban J connectivity index is 1.13. The van der Waals surface area contributed by atoms with Crippen LogP contribution in [0.25, 0.3) is 75.5 Å². The van der Waals surface area contributed by atoms with Crippen molar-refractivity contribution < 1.29 is 0 Å². The van der Waals surface area contributed by atoms with Gasteiger partial charge in [-0.15, -0.1) is 11.3 Å². The molecule has 67 heavy (non-hydrogen) atoms. The molecule has 0 radical (unpaired) electrons. The van der Waals surface area contributed by atoms with Gasteiger partial charge in [-0.25, -0.2) is 0 Å². The average molecular weight is 870 g/mol. The molecule has 0 aliphatic heterocycles. The van der Waals surface area contributed by atoms with Crippen LogP contribution < -0.4 is 4.90 Å². The maximum absolute atomic E-state index is 2.52. The van der Waals surface area contributed by atoms with Crippen LogP contribution in [0.5, 0.6) is 0 Å². The second-order valence-corrected chi connectivity index (χ2v) is 18.5. The third-order valence-electron chi connectivity index (χ3n) is 13.9. The number of hydrogen-bond donors (Lipinski definition) is 0. The zero-order chi connectivity index (χ0) is 44.3. The van der Waals surface area contributed by atoms with E-state index in [9.17, 15) is 0 Å². The normalized spacial score (nSPS) is 12.6. The van der Waals surface area contributed by atoms with Crippen LogP contribution in [-0.4, -0.2) is 0 Å². The second-order valence-electron chi connectivity index (χ2n) is 17.5. The van der Waals surface area contributed by atoms with Gasteiger partial charge in [-0.2, -0.15) is 0 Å². The summed E-state index contributed by atoms with van der Waals surface area (Å²) in [4.78, 5) is 2.52. The summed E-state index contributed by atoms with van der Waals surface area (Å²) in [7, 11) is 0. The highest BCUT2D eigenvalue weighted by Crippen LogP contribution is 2.63. The van der Waals surface area contributed by atoms with Gasteiger partial charge in [0, 0.05) is 42.5 Å². The second kappa shape index (κ2) is 16.0. The first-order valence-corrected chi connectivity index (χ1v) is 23.9. The predicted molar refractivity (Wildman–Crippen MR) is 285 cm³/mol. The van der Waals surface area contributed by atoms with Crippen molar-refractivity contribution in [2.75, 3.05) is 4.90 Å². The Kier molecular flexibility index (Phi) is 9.33. The molecule has 0 saturated carbocycles. The molecule has 314 valence electrons. The molecule has 11 aromatic carbocycles. The third-order valence-corrected chi connectivity index (χ3v) is 15.2. The summed E-state index contributed by atoms with van der Waals surface area (Å²) in [6, 6.07) is 96.4. The Bertz CT molecular complexity index is 3720. The van der Waals surface area contributed by atoms with Gasteiger partial charge in [-0.1, -0.05) is 231 Å². The zero-order valence-corrected chi connectivity index (χ0v) is 37.5. The summed E-state index contributed by atoms with van der Waals surface area (Å²) in [6.45, 7) is 0. The van der Waals surface area contributed by atoms with Gasteiger partial charge >= 0.3 is 0 Å². The van der Waals surface area contributed by atoms with Crippen LogP contribution in [0.15, 0.2) is 261 Å². The third kappa shape index (κ3) is 6.14. The first kappa shape index (κ1) is 39.1. The Morgan fingerprint density at radius 1 is 0.313 bits per heavy atom. The van der Waals surface area contributed by atoms with Gasteiger partial charge in [0.25, 0.3) is 0 Å². The Morgan fingerprint density at radius 3 is 1.45 bits per heavy atom. The fraction of sp³-hybridized carbons (Fsp3) is 0.0154. The molecule has 0 fully saturated rings. The van der Waals surface area contributed by atoms with Crippen molar-refractivity contribution in [3.63, 3.8) is 0 Å². The van der Waals surface area contributed by atoms with Crippen molar-refractivity contribution in [1.82, 2.24) is 0 Å². The molecule has 0 atom stereocenters. The highest BCUT2D eigenvalue weighted by Gasteiger charge is 2.49. The average Bonchev–Trinajstić information content (AvgIpc) is 3.95. The SMILES string of the molecule is c1ccc(-c2ccc(N(c3ccc(-c4cccc5c4sc4ccccc45)cc3)c3c(-c4ccccc4)c4c(c5ccccc35)C(c3ccccc3)(c3ccccc3)c3ccccc3-4)cc2)cc1. The molecule has 0 saturated heterocycles. The summed E-state index contributed by atoms with van der Waals surface area (Å²) in [5.41, 5.74) is 17.6. The molecular formula is C65H43NS. The van der Waals surface area contributed by atoms with E-state index in [1.165, 1.54) is 97.7 Å². The van der Waals surface area contributed by atoms with E-state index in [1.54, 1.807) is 0 Å². The molecule has 0 bridgehead atoms. The van der Waals surface area contributed by atoms with E-state index >= 15 is 0 Å². The lowest BCUT2D eigenvalue weighted by Gasteiger charge is -2.36. The smallest absolute Gasteiger partial charge is 0.0719 e. The van der Waals surface area contributed by atoms with Crippen LogP contribution in [0, 0.1) is 0 Å². The van der Waals surface area contributed by atoms with E-state index in [-0.39, 0.29) is 0 Å². The van der Waals surface area contributed by atoms with E-state index in [2.05, 4.69) is 266 Å². The van der Waals surface area contributed by atoms with Crippen LogP contribution >= 0.6 is 11.3 Å². The Morgan fingerprint density at radius 2 is 0.791 bits per heavy atom. The maximum atomic E-state index is 2.52. The highest BCUT2D eigenvalue weighted by molar-refractivity contribution is 7.26. The Hall–Kier alpha value is -8.30. The molecule has 0 spiro atoms. The van der Waals surface area contributed by atoms with E-state index in [0.717, 1.165) is 17.1 Å². The van der Waals surface area contributed by atoms with Crippen molar-refractivity contribution in [2.45, 2.75) is 5.41 Å². The van der Waals surface area contributed by atoms with Crippen LogP contribution in [0.2, 0.25) is 0 Å². The van der Waals surface area contributed by atoms with Crippen LogP contribution in [-0.2, 0) is 5.41 Å². The fourth-order valence-electron chi connectivity index (χ4n) is 11.1. The zero-order valence-electron chi connectivity index (χ0n) is 36.7. The minimum atomic E-state index is -0.590. The van der Waals surface area contributed by atoms with Gasteiger partial charge in [0.1, 0.15) is 0 Å². The standard InChI is InChI=1S/C65H43NS/c1-5-20-44(21-6-1)45-36-40-50(41-37-45)66(51-42-38-46(39-43-51)52-32-19-33-56-53-28-16-18-35-59(53)67-64(52)56)63-55-30-14-13-29-54(55)62-61(60(63)47-22-7-2-8-23-47)57-31-15-17-34-58(57)65(62,48-24-9-3-10-25-48)49-26-11-4-12-27-49/h1-43H. The van der Waals surface area contributed by atoms with Crippen LogP contribution in [0.1, 0.15) is 22.3 Å². The van der Waals surface area contributed by atoms with E-state index in [4.69, 9.17) is 0 Å². The summed E-state index contributed by atoms with van der Waals surface area (Å²) in [5, 5.41) is 5.04. The van der Waals surface area contributed by atoms with Crippen molar-refractivity contribution >= 4 is 59.3 Å². The molecule has 0 amide bonds. The molecule has 0 N–H and O–H groups in total. The van der Waals surface area contributed by atoms with E-state index < -0.39 is 5.41 Å². The number of rotatable bonds is 8. The van der Waals surface area contributed by atoms with Crippen molar-refractivity contribution in [1.29, 1.82) is 0 Å². The predicted octanol–water partition coefficient (Wildman–Crippen LogP) is 18.0. The number of hydrogen-bond acceptors (Lipinski definition) is 2. The number of thiophene rings is 1. The highest BCUT2D eigenvalue weighted by atomic mass is 32.1. The van der Waals surface area contributed by atoms with Crippen LogP contribution in [0.4, 0.5) is 17.1 Å². The quantitative estimate of drug-likeness (QED) is 0.147. The summed E-state index contributed by atoms with van der Waals surface area (Å²) in [5.74, 6) is 0. The molecule has 2 heteroatoms. The van der Waals surface area contributed by atoms with Crippen molar-refractivity contribution in [3.05, 3.63) is 283 Å². The molecule has 1 heterocycles.